The van der Waals surface area contributed by atoms with Crippen LogP contribution < -0.4 is 0 Å². The number of hydrogen-bond donors (Lipinski definition) is 0. The van der Waals surface area contributed by atoms with Crippen LogP contribution in [0, 0.1) is 17.3 Å². The van der Waals surface area contributed by atoms with E-state index in [0.29, 0.717) is 22.3 Å². The summed E-state index contributed by atoms with van der Waals surface area (Å²) in [6.45, 7) is 5.57. The summed E-state index contributed by atoms with van der Waals surface area (Å²) < 4.78 is 47.4. The van der Waals surface area contributed by atoms with E-state index in [1.807, 2.05) is 0 Å². The van der Waals surface area contributed by atoms with Crippen molar-refractivity contribution in [2.75, 3.05) is 14.2 Å². The number of halogens is 3. The van der Waals surface area contributed by atoms with Crippen LogP contribution in [0.25, 0.3) is 0 Å². The molecule has 29 heavy (non-hydrogen) atoms. The number of hydrogen-bond acceptors (Lipinski definition) is 4. The maximum absolute atomic E-state index is 12.6. The first-order valence-electron chi connectivity index (χ1n) is 8.49. The van der Waals surface area contributed by atoms with E-state index in [4.69, 9.17) is 9.47 Å². The highest BCUT2D eigenvalue weighted by molar-refractivity contribution is 6.04. The third-order valence-corrected chi connectivity index (χ3v) is 4.44. The molecule has 0 spiro atoms. The van der Waals surface area contributed by atoms with Gasteiger partial charge < -0.3 is 9.47 Å². The van der Waals surface area contributed by atoms with Crippen LogP contribution >= 0.6 is 0 Å². The molecule has 0 atom stereocenters. The highest BCUT2D eigenvalue weighted by Gasteiger charge is 2.51. The minimum atomic E-state index is -4.41. The average molecular weight is 404 g/mol. The van der Waals surface area contributed by atoms with Crippen LogP contribution in [0.2, 0.25) is 0 Å². The Bertz CT molecular complexity index is 939. The van der Waals surface area contributed by atoms with Crippen molar-refractivity contribution in [1.82, 2.24) is 0 Å². The zero-order valence-corrected chi connectivity index (χ0v) is 16.1. The average Bonchev–Trinajstić information content (AvgIpc) is 3.07. The normalized spacial score (nSPS) is 16.5. The molecule has 4 nitrogen and oxygen atoms in total. The molecule has 0 aliphatic heterocycles. The Morgan fingerprint density at radius 1 is 1.14 bits per heavy atom. The van der Waals surface area contributed by atoms with Gasteiger partial charge in [0.15, 0.2) is 5.41 Å². The molecule has 0 fully saturated rings. The summed E-state index contributed by atoms with van der Waals surface area (Å²) in [6.07, 6.45) is -1.47. The molecule has 152 valence electrons. The van der Waals surface area contributed by atoms with E-state index in [9.17, 15) is 22.8 Å². The molecule has 2 rings (SSSR count). The first-order chi connectivity index (χ1) is 13.5. The summed E-state index contributed by atoms with van der Waals surface area (Å²) in [4.78, 5) is 24.6. The molecule has 0 heterocycles. The summed E-state index contributed by atoms with van der Waals surface area (Å²) in [5.74, 6) is 3.98. The zero-order valence-electron chi connectivity index (χ0n) is 16.1. The quantitative estimate of drug-likeness (QED) is 0.430. The van der Waals surface area contributed by atoms with Crippen molar-refractivity contribution in [3.63, 3.8) is 0 Å². The number of benzene rings is 1. The van der Waals surface area contributed by atoms with Crippen molar-refractivity contribution in [3.05, 3.63) is 70.8 Å². The van der Waals surface area contributed by atoms with E-state index < -0.39 is 29.1 Å². The Kier molecular flexibility index (Phi) is 6.38. The maximum atomic E-state index is 12.6. The van der Waals surface area contributed by atoms with Crippen LogP contribution in [0.3, 0.4) is 0 Å². The molecule has 0 radical (unpaired) electrons. The van der Waals surface area contributed by atoms with E-state index in [1.165, 1.54) is 38.5 Å². The lowest BCUT2D eigenvalue weighted by molar-refractivity contribution is -0.164. The van der Waals surface area contributed by atoms with E-state index in [1.54, 1.807) is 6.92 Å². The lowest BCUT2D eigenvalue weighted by Gasteiger charge is -2.20. The number of carbonyl (C=O) groups is 2. The molecule has 0 unspecified atom stereocenters. The van der Waals surface area contributed by atoms with Crippen molar-refractivity contribution in [2.45, 2.75) is 19.5 Å². The van der Waals surface area contributed by atoms with Gasteiger partial charge in [-0.3, -0.25) is 9.59 Å². The van der Waals surface area contributed by atoms with Crippen molar-refractivity contribution in [2.24, 2.45) is 5.41 Å². The molecular weight excluding hydrogens is 385 g/mol. The van der Waals surface area contributed by atoms with Crippen molar-refractivity contribution >= 4 is 11.9 Å². The van der Waals surface area contributed by atoms with Gasteiger partial charge >= 0.3 is 18.1 Å². The predicted molar refractivity (Wildman–Crippen MR) is 100 cm³/mol. The number of rotatable bonds is 3. The van der Waals surface area contributed by atoms with E-state index in [2.05, 4.69) is 18.4 Å². The lowest BCUT2D eigenvalue weighted by Crippen LogP contribution is -2.38. The number of ether oxygens (including phenoxy) is 2. The van der Waals surface area contributed by atoms with E-state index in [0.717, 1.165) is 12.1 Å². The SMILES string of the molecule is C=C(C)C1=CC(C(=O)OC)(C(=O)OC)C/C1=C/C#Cc1ccc(C(F)(F)F)cc1. The lowest BCUT2D eigenvalue weighted by atomic mass is 9.86. The second kappa shape index (κ2) is 8.39. The van der Waals surface area contributed by atoms with Gasteiger partial charge in [0.25, 0.3) is 0 Å². The predicted octanol–water partition coefficient (Wildman–Crippen LogP) is 4.22. The molecule has 0 bridgehead atoms. The van der Waals surface area contributed by atoms with Crippen LogP contribution in [0.1, 0.15) is 24.5 Å². The maximum Gasteiger partial charge on any atom is 0.416 e. The molecule has 1 aliphatic carbocycles. The number of methoxy groups -OCH3 is 2. The van der Waals surface area contributed by atoms with Gasteiger partial charge in [0.05, 0.1) is 19.8 Å². The van der Waals surface area contributed by atoms with E-state index >= 15 is 0 Å². The van der Waals surface area contributed by atoms with Gasteiger partial charge in [-0.05, 0) is 54.5 Å². The number of carbonyl (C=O) groups excluding carboxylic acids is 2. The topological polar surface area (TPSA) is 52.6 Å². The molecule has 0 N–H and O–H groups in total. The molecule has 1 aromatic carbocycles. The Morgan fingerprint density at radius 2 is 1.69 bits per heavy atom. The molecular formula is C22H19F3O4. The number of alkyl halides is 3. The van der Waals surface area contributed by atoms with Crippen molar-refractivity contribution in [3.8, 4) is 11.8 Å². The fourth-order valence-electron chi connectivity index (χ4n) is 2.97. The summed E-state index contributed by atoms with van der Waals surface area (Å²) >= 11 is 0. The van der Waals surface area contributed by atoms with Gasteiger partial charge in [-0.2, -0.15) is 13.2 Å². The van der Waals surface area contributed by atoms with Gasteiger partial charge in [-0.1, -0.05) is 24.0 Å². The Hall–Kier alpha value is -3.27. The largest absolute Gasteiger partial charge is 0.468 e. The van der Waals surface area contributed by atoms with Gasteiger partial charge in [0.2, 0.25) is 0 Å². The van der Waals surface area contributed by atoms with Crippen LogP contribution in [0.4, 0.5) is 13.2 Å². The Balaban J connectivity index is 2.38. The molecule has 1 aliphatic rings. The summed E-state index contributed by atoms with van der Waals surface area (Å²) in [5, 5.41) is 0. The Labute approximate surface area is 166 Å². The van der Waals surface area contributed by atoms with Crippen LogP contribution in [-0.4, -0.2) is 26.2 Å². The summed E-state index contributed by atoms with van der Waals surface area (Å²) in [6, 6.07) is 4.44. The molecule has 0 saturated carbocycles. The number of allylic oxidation sites excluding steroid dienone is 4. The highest BCUT2D eigenvalue weighted by atomic mass is 19.4. The first kappa shape index (κ1) is 22.0. The molecule has 1 aromatic rings. The standard InChI is InChI=1S/C22H19F3O4/c1-14(2)18-13-21(19(26)28-3,20(27)29-4)12-16(18)7-5-6-15-8-10-17(11-9-15)22(23,24)25/h7-11,13H,1,12H2,2-4H3/b16-7-. The third kappa shape index (κ3) is 4.60. The minimum absolute atomic E-state index is 0.0176. The second-order valence-corrected chi connectivity index (χ2v) is 6.48. The molecule has 7 heteroatoms. The minimum Gasteiger partial charge on any atom is -0.468 e. The summed E-state index contributed by atoms with van der Waals surface area (Å²) in [5.41, 5.74) is -0.233. The van der Waals surface area contributed by atoms with Gasteiger partial charge in [-0.25, -0.2) is 0 Å². The highest BCUT2D eigenvalue weighted by Crippen LogP contribution is 2.44. The van der Waals surface area contributed by atoms with E-state index in [-0.39, 0.29) is 6.42 Å². The van der Waals surface area contributed by atoms with Gasteiger partial charge in [0.1, 0.15) is 0 Å². The van der Waals surface area contributed by atoms with Crippen molar-refractivity contribution in [1.29, 1.82) is 0 Å². The fraction of sp³-hybridized carbons (Fsp3) is 0.273. The fourth-order valence-corrected chi connectivity index (χ4v) is 2.97. The monoisotopic (exact) mass is 404 g/mol. The smallest absolute Gasteiger partial charge is 0.416 e. The second-order valence-electron chi connectivity index (χ2n) is 6.48. The van der Waals surface area contributed by atoms with Gasteiger partial charge in [0, 0.05) is 12.0 Å². The number of esters is 2. The first-order valence-corrected chi connectivity index (χ1v) is 8.49. The molecule has 0 aromatic heterocycles. The molecule has 0 saturated heterocycles. The van der Waals surface area contributed by atoms with Gasteiger partial charge in [-0.15, -0.1) is 0 Å². The van der Waals surface area contributed by atoms with Crippen LogP contribution in [-0.2, 0) is 25.2 Å². The Morgan fingerprint density at radius 3 is 2.14 bits per heavy atom. The summed E-state index contributed by atoms with van der Waals surface area (Å²) in [7, 11) is 2.35. The third-order valence-electron chi connectivity index (χ3n) is 4.44. The van der Waals surface area contributed by atoms with Crippen molar-refractivity contribution < 1.29 is 32.2 Å². The van der Waals surface area contributed by atoms with Crippen LogP contribution in [0.5, 0.6) is 0 Å². The molecule has 0 amide bonds. The zero-order chi connectivity index (χ0) is 21.8. The van der Waals surface area contributed by atoms with Crippen LogP contribution in [0.15, 0.2) is 59.7 Å².